The Morgan fingerprint density at radius 2 is 1.96 bits per heavy atom. The van der Waals surface area contributed by atoms with E-state index in [0.717, 1.165) is 34.5 Å². The summed E-state index contributed by atoms with van der Waals surface area (Å²) >= 11 is 1.70. The van der Waals surface area contributed by atoms with Gasteiger partial charge in [0.05, 0.1) is 24.4 Å². The van der Waals surface area contributed by atoms with Gasteiger partial charge in [0.1, 0.15) is 18.1 Å². The molecule has 1 aromatic carbocycles. The van der Waals surface area contributed by atoms with Crippen molar-refractivity contribution in [1.82, 2.24) is 30.8 Å². The van der Waals surface area contributed by atoms with Crippen molar-refractivity contribution in [2.75, 3.05) is 13.7 Å². The molecule has 3 aromatic rings. The zero-order chi connectivity index (χ0) is 19.9. The molecule has 8 nitrogen and oxygen atoms in total. The van der Waals surface area contributed by atoms with Crippen LogP contribution in [-0.4, -0.2) is 39.8 Å². The number of aliphatic imine (C=N–C) groups is 1. The standard InChI is InChI=1S/C19H25N7OS/c1-5-20-19(21-10-16-12(2)23-13(3)28-16)22-11-17-24-18(26-25-17)14-6-8-15(27-4)9-7-14/h6-9H,5,10-11H2,1-4H3,(H2,20,21,22)(H,24,25,26). The highest BCUT2D eigenvalue weighted by atomic mass is 32.1. The molecule has 0 saturated heterocycles. The van der Waals surface area contributed by atoms with Gasteiger partial charge in [0.2, 0.25) is 0 Å². The van der Waals surface area contributed by atoms with Crippen molar-refractivity contribution in [1.29, 1.82) is 0 Å². The van der Waals surface area contributed by atoms with Crippen molar-refractivity contribution in [3.05, 3.63) is 45.7 Å². The van der Waals surface area contributed by atoms with E-state index in [0.29, 0.717) is 24.7 Å². The highest BCUT2D eigenvalue weighted by molar-refractivity contribution is 7.11. The topological polar surface area (TPSA) is 100 Å². The molecule has 0 atom stereocenters. The van der Waals surface area contributed by atoms with Crippen LogP contribution in [0.1, 0.15) is 28.3 Å². The third-order valence-electron chi connectivity index (χ3n) is 4.03. The molecule has 0 bridgehead atoms. The van der Waals surface area contributed by atoms with Gasteiger partial charge in [-0.05, 0) is 45.0 Å². The largest absolute Gasteiger partial charge is 0.497 e. The minimum absolute atomic E-state index is 0.402. The summed E-state index contributed by atoms with van der Waals surface area (Å²) in [5.41, 5.74) is 1.98. The number of methoxy groups -OCH3 is 1. The number of hydrogen-bond acceptors (Lipinski definition) is 6. The minimum atomic E-state index is 0.402. The molecule has 0 saturated carbocycles. The summed E-state index contributed by atoms with van der Waals surface area (Å²) in [5, 5.41) is 14.9. The van der Waals surface area contributed by atoms with E-state index in [2.05, 4.69) is 35.8 Å². The van der Waals surface area contributed by atoms with Crippen molar-refractivity contribution in [2.24, 2.45) is 4.99 Å². The molecule has 148 valence electrons. The van der Waals surface area contributed by atoms with Gasteiger partial charge in [-0.2, -0.15) is 5.10 Å². The number of nitrogens with zero attached hydrogens (tertiary/aromatic N) is 4. The maximum absolute atomic E-state index is 5.18. The van der Waals surface area contributed by atoms with Crippen LogP contribution in [0.15, 0.2) is 29.3 Å². The van der Waals surface area contributed by atoms with Gasteiger partial charge in [0.15, 0.2) is 11.8 Å². The first kappa shape index (κ1) is 19.8. The lowest BCUT2D eigenvalue weighted by Crippen LogP contribution is -2.36. The van der Waals surface area contributed by atoms with Gasteiger partial charge in [0, 0.05) is 17.0 Å². The molecular weight excluding hydrogens is 374 g/mol. The average molecular weight is 400 g/mol. The van der Waals surface area contributed by atoms with Gasteiger partial charge in [-0.25, -0.2) is 15.0 Å². The number of rotatable bonds is 7. The van der Waals surface area contributed by atoms with E-state index >= 15 is 0 Å². The third-order valence-corrected chi connectivity index (χ3v) is 5.10. The van der Waals surface area contributed by atoms with Crippen molar-refractivity contribution in [3.63, 3.8) is 0 Å². The number of ether oxygens (including phenoxy) is 1. The Labute approximate surface area is 168 Å². The fourth-order valence-electron chi connectivity index (χ4n) is 2.63. The fraction of sp³-hybridized carbons (Fsp3) is 0.368. The van der Waals surface area contributed by atoms with Crippen molar-refractivity contribution in [3.8, 4) is 17.1 Å². The van der Waals surface area contributed by atoms with Crippen molar-refractivity contribution < 1.29 is 4.74 Å². The van der Waals surface area contributed by atoms with Gasteiger partial charge in [-0.1, -0.05) is 0 Å². The van der Waals surface area contributed by atoms with Crippen LogP contribution in [0, 0.1) is 13.8 Å². The van der Waals surface area contributed by atoms with E-state index in [1.54, 1.807) is 18.4 Å². The lowest BCUT2D eigenvalue weighted by atomic mass is 10.2. The molecule has 0 radical (unpaired) electrons. The molecule has 0 aliphatic carbocycles. The van der Waals surface area contributed by atoms with Crippen LogP contribution in [-0.2, 0) is 13.1 Å². The molecule has 0 fully saturated rings. The summed E-state index contributed by atoms with van der Waals surface area (Å²) in [6, 6.07) is 7.64. The second kappa shape index (κ2) is 9.32. The van der Waals surface area contributed by atoms with Gasteiger partial charge in [-0.15, -0.1) is 11.3 Å². The van der Waals surface area contributed by atoms with E-state index in [-0.39, 0.29) is 0 Å². The van der Waals surface area contributed by atoms with Crippen LogP contribution < -0.4 is 15.4 Å². The molecule has 28 heavy (non-hydrogen) atoms. The van der Waals surface area contributed by atoms with Crippen LogP contribution in [0.2, 0.25) is 0 Å². The number of aromatic amines is 1. The third kappa shape index (κ3) is 5.07. The zero-order valence-corrected chi connectivity index (χ0v) is 17.4. The Balaban J connectivity index is 1.64. The van der Waals surface area contributed by atoms with Gasteiger partial charge < -0.3 is 15.4 Å². The van der Waals surface area contributed by atoms with E-state index in [1.165, 1.54) is 4.88 Å². The van der Waals surface area contributed by atoms with Crippen LogP contribution in [0.3, 0.4) is 0 Å². The zero-order valence-electron chi connectivity index (χ0n) is 16.5. The van der Waals surface area contributed by atoms with E-state index in [1.807, 2.05) is 45.0 Å². The fourth-order valence-corrected chi connectivity index (χ4v) is 3.51. The number of H-pyrrole nitrogens is 1. The molecule has 0 amide bonds. The van der Waals surface area contributed by atoms with E-state index in [4.69, 9.17) is 4.74 Å². The van der Waals surface area contributed by atoms with Crippen LogP contribution in [0.5, 0.6) is 5.75 Å². The highest BCUT2D eigenvalue weighted by Gasteiger charge is 2.08. The molecule has 0 aliphatic heterocycles. The molecular formula is C19H25N7OS. The number of nitrogens with one attached hydrogen (secondary N) is 3. The number of aromatic nitrogens is 4. The average Bonchev–Trinajstić information content (AvgIpc) is 3.30. The molecule has 3 rings (SSSR count). The summed E-state index contributed by atoms with van der Waals surface area (Å²) in [7, 11) is 1.64. The summed E-state index contributed by atoms with van der Waals surface area (Å²) < 4.78 is 5.18. The summed E-state index contributed by atoms with van der Waals surface area (Å²) in [5.74, 6) is 2.88. The summed E-state index contributed by atoms with van der Waals surface area (Å²) in [6.45, 7) is 7.95. The number of aryl methyl sites for hydroxylation is 2. The Morgan fingerprint density at radius 1 is 1.18 bits per heavy atom. The Morgan fingerprint density at radius 3 is 2.61 bits per heavy atom. The first-order valence-electron chi connectivity index (χ1n) is 9.09. The smallest absolute Gasteiger partial charge is 0.191 e. The molecule has 0 aliphatic rings. The summed E-state index contributed by atoms with van der Waals surface area (Å²) in [4.78, 5) is 14.8. The van der Waals surface area contributed by atoms with Gasteiger partial charge in [-0.3, -0.25) is 5.10 Å². The van der Waals surface area contributed by atoms with Gasteiger partial charge in [0.25, 0.3) is 0 Å². The van der Waals surface area contributed by atoms with Crippen LogP contribution in [0.25, 0.3) is 11.4 Å². The van der Waals surface area contributed by atoms with Crippen LogP contribution >= 0.6 is 11.3 Å². The lowest BCUT2D eigenvalue weighted by Gasteiger charge is -2.10. The molecule has 9 heteroatoms. The van der Waals surface area contributed by atoms with E-state index in [9.17, 15) is 0 Å². The number of thiazole rings is 1. The first-order chi connectivity index (χ1) is 13.6. The van der Waals surface area contributed by atoms with Crippen molar-refractivity contribution >= 4 is 17.3 Å². The van der Waals surface area contributed by atoms with E-state index < -0.39 is 0 Å². The second-order valence-corrected chi connectivity index (χ2v) is 7.41. The first-order valence-corrected chi connectivity index (χ1v) is 9.91. The second-order valence-electron chi connectivity index (χ2n) is 6.12. The maximum atomic E-state index is 5.18. The Hall–Kier alpha value is -2.94. The Kier molecular flexibility index (Phi) is 6.59. The highest BCUT2D eigenvalue weighted by Crippen LogP contribution is 2.19. The van der Waals surface area contributed by atoms with Crippen LogP contribution in [0.4, 0.5) is 0 Å². The normalized spacial score (nSPS) is 11.5. The molecule has 0 unspecified atom stereocenters. The number of hydrogen-bond donors (Lipinski definition) is 3. The number of benzene rings is 1. The monoisotopic (exact) mass is 399 g/mol. The Bertz CT molecular complexity index is 930. The molecule has 3 N–H and O–H groups in total. The predicted molar refractivity (Wildman–Crippen MR) is 112 cm³/mol. The minimum Gasteiger partial charge on any atom is -0.497 e. The van der Waals surface area contributed by atoms with Crippen molar-refractivity contribution in [2.45, 2.75) is 33.9 Å². The summed E-state index contributed by atoms with van der Waals surface area (Å²) in [6.07, 6.45) is 0. The lowest BCUT2D eigenvalue weighted by molar-refractivity contribution is 0.415. The maximum Gasteiger partial charge on any atom is 0.191 e. The molecule has 0 spiro atoms. The predicted octanol–water partition coefficient (Wildman–Crippen LogP) is 2.81. The molecule has 2 heterocycles. The SMILES string of the molecule is CCNC(=NCc1nc(-c2ccc(OC)cc2)n[nH]1)NCc1sc(C)nc1C. The molecule has 2 aromatic heterocycles. The quantitative estimate of drug-likeness (QED) is 0.417. The van der Waals surface area contributed by atoms with Gasteiger partial charge >= 0.3 is 0 Å². The number of guanidine groups is 1.